The molecule has 1 aliphatic heterocycles. The number of nitrogens with one attached hydrogen (secondary N) is 1. The SMILES string of the molecule is COC(=O)c1cc(Br)cnc1N1CC[C@@H](NC2CCCCC2)[C@H](O)C1. The normalized spacial score (nSPS) is 25.0. The summed E-state index contributed by atoms with van der Waals surface area (Å²) in [5, 5.41) is 14.3. The van der Waals surface area contributed by atoms with E-state index in [9.17, 15) is 9.90 Å². The second-order valence-corrected chi connectivity index (χ2v) is 7.84. The summed E-state index contributed by atoms with van der Waals surface area (Å²) < 4.78 is 5.60. The first-order chi connectivity index (χ1) is 12.1. The van der Waals surface area contributed by atoms with E-state index in [0.29, 0.717) is 24.0 Å². The van der Waals surface area contributed by atoms with Crippen molar-refractivity contribution >= 4 is 27.7 Å². The van der Waals surface area contributed by atoms with Crippen molar-refractivity contribution in [2.45, 2.75) is 56.7 Å². The lowest BCUT2D eigenvalue weighted by Gasteiger charge is -2.39. The van der Waals surface area contributed by atoms with Crippen LogP contribution in [0.5, 0.6) is 0 Å². The van der Waals surface area contributed by atoms with Gasteiger partial charge in [0.1, 0.15) is 11.4 Å². The van der Waals surface area contributed by atoms with Crippen LogP contribution >= 0.6 is 15.9 Å². The maximum absolute atomic E-state index is 12.1. The third kappa shape index (κ3) is 4.51. The van der Waals surface area contributed by atoms with Crippen LogP contribution in [-0.2, 0) is 4.74 Å². The molecule has 0 aromatic carbocycles. The molecule has 2 heterocycles. The smallest absolute Gasteiger partial charge is 0.341 e. The van der Waals surface area contributed by atoms with E-state index in [1.807, 2.05) is 4.90 Å². The average molecular weight is 412 g/mol. The number of rotatable bonds is 4. The lowest BCUT2D eigenvalue weighted by molar-refractivity contribution is 0.0599. The van der Waals surface area contributed by atoms with Gasteiger partial charge in [-0.1, -0.05) is 19.3 Å². The number of pyridine rings is 1. The van der Waals surface area contributed by atoms with Crippen LogP contribution in [0.4, 0.5) is 5.82 Å². The second-order valence-electron chi connectivity index (χ2n) is 6.93. The first kappa shape index (κ1) is 18.6. The number of carbonyl (C=O) groups excluding carboxylic acids is 1. The number of aliphatic hydroxyl groups excluding tert-OH is 1. The van der Waals surface area contributed by atoms with E-state index < -0.39 is 12.1 Å². The van der Waals surface area contributed by atoms with E-state index in [-0.39, 0.29) is 6.04 Å². The summed E-state index contributed by atoms with van der Waals surface area (Å²) in [5.41, 5.74) is 0.419. The number of esters is 1. The van der Waals surface area contributed by atoms with Crippen molar-refractivity contribution in [1.29, 1.82) is 0 Å². The molecule has 1 aromatic heterocycles. The van der Waals surface area contributed by atoms with Gasteiger partial charge in [0.15, 0.2) is 0 Å². The van der Waals surface area contributed by atoms with Crippen molar-refractivity contribution in [3.8, 4) is 0 Å². The third-order valence-corrected chi connectivity index (χ3v) is 5.61. The summed E-state index contributed by atoms with van der Waals surface area (Å²) in [6.45, 7) is 1.21. The van der Waals surface area contributed by atoms with Crippen LogP contribution in [-0.4, -0.2) is 54.4 Å². The van der Waals surface area contributed by atoms with Crippen LogP contribution < -0.4 is 10.2 Å². The van der Waals surface area contributed by atoms with Gasteiger partial charge in [0.2, 0.25) is 0 Å². The molecule has 138 valence electrons. The predicted octanol–water partition coefficient (Wildman–Crippen LogP) is 2.49. The zero-order valence-corrected chi connectivity index (χ0v) is 16.2. The first-order valence-corrected chi connectivity index (χ1v) is 9.80. The zero-order chi connectivity index (χ0) is 17.8. The monoisotopic (exact) mass is 411 g/mol. The molecule has 1 aromatic rings. The van der Waals surface area contributed by atoms with Crippen molar-refractivity contribution in [3.05, 3.63) is 22.3 Å². The number of carbonyl (C=O) groups is 1. The molecule has 2 atom stereocenters. The van der Waals surface area contributed by atoms with Gasteiger partial charge in [0.25, 0.3) is 0 Å². The van der Waals surface area contributed by atoms with Crippen LogP contribution in [0.25, 0.3) is 0 Å². The Hall–Kier alpha value is -1.18. The van der Waals surface area contributed by atoms with Gasteiger partial charge in [-0.15, -0.1) is 0 Å². The Morgan fingerprint density at radius 1 is 1.36 bits per heavy atom. The Labute approximate surface area is 157 Å². The van der Waals surface area contributed by atoms with Crippen molar-refractivity contribution in [1.82, 2.24) is 10.3 Å². The fourth-order valence-corrected chi connectivity index (χ4v) is 4.17. The van der Waals surface area contributed by atoms with Gasteiger partial charge in [-0.3, -0.25) is 0 Å². The molecule has 2 aliphatic rings. The molecule has 0 spiro atoms. The molecule has 6 nitrogen and oxygen atoms in total. The lowest BCUT2D eigenvalue weighted by atomic mass is 9.92. The Kier molecular flexibility index (Phi) is 6.30. The number of ether oxygens (including phenoxy) is 1. The Bertz CT molecular complexity index is 607. The summed E-state index contributed by atoms with van der Waals surface area (Å²) >= 11 is 3.35. The lowest BCUT2D eigenvalue weighted by Crippen LogP contribution is -2.55. The van der Waals surface area contributed by atoms with E-state index >= 15 is 0 Å². The minimum atomic E-state index is -0.480. The fourth-order valence-electron chi connectivity index (χ4n) is 3.83. The minimum absolute atomic E-state index is 0.108. The van der Waals surface area contributed by atoms with Crippen LogP contribution in [0.3, 0.4) is 0 Å². The van der Waals surface area contributed by atoms with E-state index in [1.165, 1.54) is 39.2 Å². The molecule has 7 heteroatoms. The molecule has 2 N–H and O–H groups in total. The van der Waals surface area contributed by atoms with Crippen LogP contribution in [0.1, 0.15) is 48.9 Å². The van der Waals surface area contributed by atoms with Gasteiger partial charge in [-0.2, -0.15) is 0 Å². The van der Waals surface area contributed by atoms with Crippen molar-refractivity contribution in [2.75, 3.05) is 25.1 Å². The first-order valence-electron chi connectivity index (χ1n) is 9.01. The van der Waals surface area contributed by atoms with E-state index in [2.05, 4.69) is 26.2 Å². The molecule has 0 unspecified atom stereocenters. The zero-order valence-electron chi connectivity index (χ0n) is 14.6. The van der Waals surface area contributed by atoms with Crippen LogP contribution in [0.15, 0.2) is 16.7 Å². The maximum Gasteiger partial charge on any atom is 0.341 e. The molecule has 25 heavy (non-hydrogen) atoms. The number of nitrogens with zero attached hydrogens (tertiary/aromatic N) is 2. The van der Waals surface area contributed by atoms with E-state index in [4.69, 9.17) is 4.74 Å². The number of β-amino-alcohol motifs (C(OH)–C–C–N with tert-alkyl or cyclic N) is 1. The topological polar surface area (TPSA) is 74.7 Å². The second kappa shape index (κ2) is 8.47. The highest BCUT2D eigenvalue weighted by atomic mass is 79.9. The van der Waals surface area contributed by atoms with Crippen LogP contribution in [0, 0.1) is 0 Å². The molecule has 1 aliphatic carbocycles. The fraction of sp³-hybridized carbons (Fsp3) is 0.667. The van der Waals surface area contributed by atoms with Crippen LogP contribution in [0.2, 0.25) is 0 Å². The standard InChI is InChI=1S/C18H26BrN3O3/c1-25-18(24)14-9-12(19)10-20-17(14)22-8-7-15(16(23)11-22)21-13-5-3-2-4-6-13/h9-10,13,15-16,21,23H,2-8,11H2,1H3/t15-,16-/m1/s1. The molecular formula is C18H26BrN3O3. The number of hydrogen-bond acceptors (Lipinski definition) is 6. The minimum Gasteiger partial charge on any atom is -0.465 e. The number of methoxy groups -OCH3 is 1. The van der Waals surface area contributed by atoms with Gasteiger partial charge in [-0.25, -0.2) is 9.78 Å². The van der Waals surface area contributed by atoms with Crippen molar-refractivity contribution in [3.63, 3.8) is 0 Å². The predicted molar refractivity (Wildman–Crippen MR) is 99.9 cm³/mol. The summed E-state index contributed by atoms with van der Waals surface area (Å²) in [4.78, 5) is 18.4. The van der Waals surface area contributed by atoms with Gasteiger partial charge >= 0.3 is 5.97 Å². The molecule has 3 rings (SSSR count). The van der Waals surface area contributed by atoms with Gasteiger partial charge in [0, 0.05) is 35.8 Å². The summed E-state index contributed by atoms with van der Waals surface area (Å²) in [5.74, 6) is 0.158. The van der Waals surface area contributed by atoms with Crippen molar-refractivity contribution in [2.24, 2.45) is 0 Å². The number of aliphatic hydroxyl groups is 1. The Morgan fingerprint density at radius 3 is 2.80 bits per heavy atom. The average Bonchev–Trinajstić information content (AvgIpc) is 2.63. The quantitative estimate of drug-likeness (QED) is 0.741. The molecule has 0 radical (unpaired) electrons. The van der Waals surface area contributed by atoms with E-state index in [0.717, 1.165) is 17.4 Å². The highest BCUT2D eigenvalue weighted by molar-refractivity contribution is 9.10. The summed E-state index contributed by atoms with van der Waals surface area (Å²) in [6.07, 6.45) is 8.30. The summed E-state index contributed by atoms with van der Waals surface area (Å²) in [6, 6.07) is 2.35. The molecule has 0 bridgehead atoms. The highest BCUT2D eigenvalue weighted by Gasteiger charge is 2.32. The highest BCUT2D eigenvalue weighted by Crippen LogP contribution is 2.26. The summed E-state index contributed by atoms with van der Waals surface area (Å²) in [7, 11) is 1.36. The van der Waals surface area contributed by atoms with Gasteiger partial charge in [-0.05, 0) is 41.3 Å². The Morgan fingerprint density at radius 2 is 2.12 bits per heavy atom. The Balaban J connectivity index is 1.67. The number of halogens is 1. The molecule has 2 fully saturated rings. The van der Waals surface area contributed by atoms with E-state index in [1.54, 1.807) is 12.3 Å². The van der Waals surface area contributed by atoms with Gasteiger partial charge < -0.3 is 20.1 Å². The number of anilines is 1. The molecule has 0 amide bonds. The maximum atomic E-state index is 12.1. The number of aromatic nitrogens is 1. The molecule has 1 saturated carbocycles. The molecular weight excluding hydrogens is 386 g/mol. The third-order valence-electron chi connectivity index (χ3n) is 5.18. The largest absolute Gasteiger partial charge is 0.465 e. The number of piperidine rings is 1. The number of hydrogen-bond donors (Lipinski definition) is 2. The van der Waals surface area contributed by atoms with Gasteiger partial charge in [0.05, 0.1) is 13.2 Å². The van der Waals surface area contributed by atoms with Crippen molar-refractivity contribution < 1.29 is 14.6 Å². The molecule has 1 saturated heterocycles.